The molecule has 0 radical (unpaired) electrons. The van der Waals surface area contributed by atoms with Gasteiger partial charge in [-0.2, -0.15) is 0 Å². The lowest BCUT2D eigenvalue weighted by atomic mass is 9.87. The maximum atomic E-state index is 6.07. The summed E-state index contributed by atoms with van der Waals surface area (Å²) in [4.78, 5) is 0. The number of allylic oxidation sites excluding steroid dienone is 2. The van der Waals surface area contributed by atoms with Crippen LogP contribution in [0.15, 0.2) is 30.4 Å². The molecule has 1 saturated carbocycles. The van der Waals surface area contributed by atoms with E-state index in [-0.39, 0.29) is 0 Å². The quantitative estimate of drug-likeness (QED) is 0.781. The van der Waals surface area contributed by atoms with Crippen LogP contribution in [-0.4, -0.2) is 6.04 Å². The van der Waals surface area contributed by atoms with Crippen molar-refractivity contribution in [3.63, 3.8) is 0 Å². The highest BCUT2D eigenvalue weighted by Crippen LogP contribution is 2.45. The molecule has 2 aliphatic carbocycles. The Labute approximate surface area is 114 Å². The molecule has 1 fully saturated rings. The number of hydrogen-bond acceptors (Lipinski definition) is 1. The van der Waals surface area contributed by atoms with Crippen molar-refractivity contribution >= 4 is 17.3 Å². The summed E-state index contributed by atoms with van der Waals surface area (Å²) >= 11 is 6.07. The van der Waals surface area contributed by atoms with E-state index < -0.39 is 0 Å². The Morgan fingerprint density at radius 3 is 2.78 bits per heavy atom. The predicted octanol–water partition coefficient (Wildman–Crippen LogP) is 4.66. The smallest absolute Gasteiger partial charge is 0.0426 e. The highest BCUT2D eigenvalue weighted by atomic mass is 35.5. The zero-order chi connectivity index (χ0) is 12.7. The number of fused-ring (bicyclic) bond motifs is 2. The first-order chi connectivity index (χ1) is 8.63. The minimum atomic E-state index is 0.516. The summed E-state index contributed by atoms with van der Waals surface area (Å²) in [6, 6.07) is 6.59. The lowest BCUT2D eigenvalue weighted by Crippen LogP contribution is -2.29. The topological polar surface area (TPSA) is 12.0 Å². The van der Waals surface area contributed by atoms with E-state index >= 15 is 0 Å². The third kappa shape index (κ3) is 2.16. The van der Waals surface area contributed by atoms with E-state index in [1.54, 1.807) is 0 Å². The normalized spacial score (nSPS) is 30.7. The van der Waals surface area contributed by atoms with E-state index in [2.05, 4.69) is 37.4 Å². The molecule has 0 aromatic heterocycles. The van der Waals surface area contributed by atoms with Gasteiger partial charge in [0.1, 0.15) is 0 Å². The molecule has 0 amide bonds. The standard InChI is InChI=1S/C16H20ClN/c1-10-3-6-14(17)9-16(10)18-11(2)15-8-12-4-5-13(15)7-12/h3-6,9,11-13,15,18H,7-8H2,1-2H3. The van der Waals surface area contributed by atoms with Crippen LogP contribution >= 0.6 is 11.6 Å². The van der Waals surface area contributed by atoms with E-state index in [0.29, 0.717) is 6.04 Å². The molecule has 18 heavy (non-hydrogen) atoms. The average molecular weight is 262 g/mol. The minimum absolute atomic E-state index is 0.516. The Kier molecular flexibility index (Phi) is 3.11. The number of halogens is 1. The Balaban J connectivity index is 1.72. The van der Waals surface area contributed by atoms with E-state index in [1.807, 2.05) is 12.1 Å². The summed E-state index contributed by atoms with van der Waals surface area (Å²) in [5, 5.41) is 4.47. The van der Waals surface area contributed by atoms with Gasteiger partial charge in [-0.1, -0.05) is 29.8 Å². The molecule has 96 valence electrons. The molecule has 3 rings (SSSR count). The third-order valence-corrected chi connectivity index (χ3v) is 4.79. The summed E-state index contributed by atoms with van der Waals surface area (Å²) in [6.07, 6.45) is 7.53. The van der Waals surface area contributed by atoms with E-state index in [0.717, 1.165) is 22.8 Å². The Bertz CT molecular complexity index is 480. The van der Waals surface area contributed by atoms with Gasteiger partial charge in [0.25, 0.3) is 0 Å². The van der Waals surface area contributed by atoms with Crippen molar-refractivity contribution in [2.75, 3.05) is 5.32 Å². The van der Waals surface area contributed by atoms with Gasteiger partial charge in [-0.05, 0) is 62.1 Å². The highest BCUT2D eigenvalue weighted by molar-refractivity contribution is 6.30. The zero-order valence-electron chi connectivity index (χ0n) is 11.0. The molecule has 1 aromatic rings. The number of aryl methyl sites for hydroxylation is 1. The van der Waals surface area contributed by atoms with Crippen molar-refractivity contribution in [3.8, 4) is 0 Å². The molecular weight excluding hydrogens is 242 g/mol. The van der Waals surface area contributed by atoms with Crippen LogP contribution in [0.2, 0.25) is 5.02 Å². The monoisotopic (exact) mass is 261 g/mol. The van der Waals surface area contributed by atoms with E-state index in [1.165, 1.54) is 24.1 Å². The second-order valence-electron chi connectivity index (χ2n) is 5.84. The van der Waals surface area contributed by atoms with Gasteiger partial charge in [0, 0.05) is 16.8 Å². The Morgan fingerprint density at radius 2 is 2.11 bits per heavy atom. The first-order valence-corrected chi connectivity index (χ1v) is 7.22. The maximum absolute atomic E-state index is 6.07. The van der Waals surface area contributed by atoms with Gasteiger partial charge >= 0.3 is 0 Å². The molecule has 1 aromatic carbocycles. The van der Waals surface area contributed by atoms with Crippen LogP contribution in [0, 0.1) is 24.7 Å². The Morgan fingerprint density at radius 1 is 1.28 bits per heavy atom. The number of nitrogens with one attached hydrogen (secondary N) is 1. The Hall–Kier alpha value is -0.950. The van der Waals surface area contributed by atoms with Gasteiger partial charge in [0.2, 0.25) is 0 Å². The largest absolute Gasteiger partial charge is 0.382 e. The summed E-state index contributed by atoms with van der Waals surface area (Å²) in [5.41, 5.74) is 2.45. The van der Waals surface area contributed by atoms with Gasteiger partial charge in [-0.15, -0.1) is 0 Å². The number of anilines is 1. The van der Waals surface area contributed by atoms with Crippen LogP contribution in [0.5, 0.6) is 0 Å². The van der Waals surface area contributed by atoms with Crippen molar-refractivity contribution in [1.29, 1.82) is 0 Å². The molecule has 2 bridgehead atoms. The van der Waals surface area contributed by atoms with Crippen molar-refractivity contribution < 1.29 is 0 Å². The maximum Gasteiger partial charge on any atom is 0.0426 e. The predicted molar refractivity (Wildman–Crippen MR) is 78.1 cm³/mol. The van der Waals surface area contributed by atoms with Crippen LogP contribution in [0.1, 0.15) is 25.3 Å². The van der Waals surface area contributed by atoms with Gasteiger partial charge < -0.3 is 5.32 Å². The first kappa shape index (κ1) is 12.1. The summed E-state index contributed by atoms with van der Waals surface area (Å²) in [5.74, 6) is 2.40. The lowest BCUT2D eigenvalue weighted by Gasteiger charge is -2.27. The van der Waals surface area contributed by atoms with Crippen LogP contribution in [-0.2, 0) is 0 Å². The fourth-order valence-corrected chi connectivity index (χ4v) is 3.67. The summed E-state index contributed by atoms with van der Waals surface area (Å²) in [6.45, 7) is 4.44. The van der Waals surface area contributed by atoms with Gasteiger partial charge in [0.05, 0.1) is 0 Å². The molecule has 1 nitrogen and oxygen atoms in total. The highest BCUT2D eigenvalue weighted by Gasteiger charge is 2.38. The average Bonchev–Trinajstić information content (AvgIpc) is 2.96. The van der Waals surface area contributed by atoms with Crippen molar-refractivity contribution in [2.24, 2.45) is 17.8 Å². The van der Waals surface area contributed by atoms with Crippen LogP contribution in [0.25, 0.3) is 0 Å². The minimum Gasteiger partial charge on any atom is -0.382 e. The SMILES string of the molecule is Cc1ccc(Cl)cc1NC(C)C1CC2C=CC1C2. The second kappa shape index (κ2) is 4.62. The van der Waals surface area contributed by atoms with Crippen LogP contribution in [0.4, 0.5) is 5.69 Å². The molecule has 1 N–H and O–H groups in total. The number of rotatable bonds is 3. The van der Waals surface area contributed by atoms with Crippen LogP contribution < -0.4 is 5.32 Å². The van der Waals surface area contributed by atoms with Crippen molar-refractivity contribution in [1.82, 2.24) is 0 Å². The zero-order valence-corrected chi connectivity index (χ0v) is 11.7. The third-order valence-electron chi connectivity index (χ3n) is 4.56. The lowest BCUT2D eigenvalue weighted by molar-refractivity contribution is 0.400. The number of hydrogen-bond donors (Lipinski definition) is 1. The molecule has 0 heterocycles. The van der Waals surface area contributed by atoms with Gasteiger partial charge in [0.15, 0.2) is 0 Å². The summed E-state index contributed by atoms with van der Waals surface area (Å²) < 4.78 is 0. The fourth-order valence-electron chi connectivity index (χ4n) is 3.50. The molecule has 2 heteroatoms. The molecule has 4 unspecified atom stereocenters. The molecule has 0 aliphatic heterocycles. The van der Waals surface area contributed by atoms with Crippen molar-refractivity contribution in [2.45, 2.75) is 32.7 Å². The molecule has 0 spiro atoms. The fraction of sp³-hybridized carbons (Fsp3) is 0.500. The molecule has 4 atom stereocenters. The first-order valence-electron chi connectivity index (χ1n) is 6.84. The van der Waals surface area contributed by atoms with E-state index in [4.69, 9.17) is 11.6 Å². The van der Waals surface area contributed by atoms with E-state index in [9.17, 15) is 0 Å². The molecular formula is C16H20ClN. The molecule has 0 saturated heterocycles. The number of benzene rings is 1. The van der Waals surface area contributed by atoms with Gasteiger partial charge in [-0.25, -0.2) is 0 Å². The van der Waals surface area contributed by atoms with Crippen molar-refractivity contribution in [3.05, 3.63) is 40.9 Å². The van der Waals surface area contributed by atoms with Crippen LogP contribution in [0.3, 0.4) is 0 Å². The second-order valence-corrected chi connectivity index (χ2v) is 6.27. The summed E-state index contributed by atoms with van der Waals surface area (Å²) in [7, 11) is 0. The van der Waals surface area contributed by atoms with Gasteiger partial charge in [-0.3, -0.25) is 0 Å². The molecule has 2 aliphatic rings.